The van der Waals surface area contributed by atoms with Gasteiger partial charge in [0.15, 0.2) is 0 Å². The summed E-state index contributed by atoms with van der Waals surface area (Å²) in [5.41, 5.74) is 0.598. The molecule has 1 unspecified atom stereocenters. The summed E-state index contributed by atoms with van der Waals surface area (Å²) >= 11 is 0. The summed E-state index contributed by atoms with van der Waals surface area (Å²) in [5.74, 6) is 1.00. The first kappa shape index (κ1) is 46.0. The number of rotatable bonds is 40. The highest BCUT2D eigenvalue weighted by molar-refractivity contribution is 4.77. The molecule has 0 aromatic rings. The predicted octanol–water partition coefficient (Wildman–Crippen LogP) is 17.9. The van der Waals surface area contributed by atoms with Gasteiger partial charge in [-0.3, -0.25) is 0 Å². The third kappa shape index (κ3) is 33.9. The quantitative estimate of drug-likeness (QED) is 0.0581. The van der Waals surface area contributed by atoms with Crippen molar-refractivity contribution in [2.24, 2.45) is 11.3 Å². The second kappa shape index (κ2) is 37.8. The van der Waals surface area contributed by atoms with Gasteiger partial charge in [-0.2, -0.15) is 0 Å². The van der Waals surface area contributed by atoms with E-state index >= 15 is 0 Å². The highest BCUT2D eigenvalue weighted by Crippen LogP contribution is 2.39. The largest absolute Gasteiger partial charge is 0.0654 e. The van der Waals surface area contributed by atoms with Crippen LogP contribution in [0.1, 0.15) is 285 Å². The van der Waals surface area contributed by atoms with E-state index < -0.39 is 0 Å². The summed E-state index contributed by atoms with van der Waals surface area (Å²) < 4.78 is 0. The molecular formula is C46H94. The molecule has 0 heteroatoms. The summed E-state index contributed by atoms with van der Waals surface area (Å²) in [6.07, 6.45) is 57.4. The first-order valence-electron chi connectivity index (χ1n) is 22.6. The Morgan fingerprint density at radius 2 is 0.500 bits per heavy atom. The highest BCUT2D eigenvalue weighted by Gasteiger charge is 2.25. The monoisotopic (exact) mass is 647 g/mol. The van der Waals surface area contributed by atoms with Gasteiger partial charge in [0.25, 0.3) is 0 Å². The minimum atomic E-state index is 0.598. The van der Waals surface area contributed by atoms with E-state index in [1.165, 1.54) is 250 Å². The summed E-state index contributed by atoms with van der Waals surface area (Å²) in [4.78, 5) is 0. The Bertz CT molecular complexity index is 514. The van der Waals surface area contributed by atoms with E-state index in [2.05, 4.69) is 34.6 Å². The van der Waals surface area contributed by atoms with Crippen LogP contribution in [-0.2, 0) is 0 Å². The molecule has 0 bridgehead atoms. The number of unbranched alkanes of at least 4 members (excludes halogenated alkanes) is 29. The van der Waals surface area contributed by atoms with Crippen molar-refractivity contribution in [1.82, 2.24) is 0 Å². The Morgan fingerprint density at radius 3 is 0.783 bits per heavy atom. The lowest BCUT2D eigenvalue weighted by Crippen LogP contribution is -2.18. The molecule has 0 aromatic carbocycles. The molecule has 0 saturated heterocycles. The Morgan fingerprint density at radius 1 is 0.261 bits per heavy atom. The maximum absolute atomic E-state index is 2.72. The van der Waals surface area contributed by atoms with Gasteiger partial charge >= 0.3 is 0 Å². The minimum absolute atomic E-state index is 0.598. The van der Waals surface area contributed by atoms with Crippen LogP contribution in [0.25, 0.3) is 0 Å². The van der Waals surface area contributed by atoms with Crippen LogP contribution in [0.2, 0.25) is 0 Å². The maximum atomic E-state index is 2.72. The van der Waals surface area contributed by atoms with Crippen molar-refractivity contribution in [3.63, 3.8) is 0 Å². The van der Waals surface area contributed by atoms with E-state index in [-0.39, 0.29) is 0 Å². The van der Waals surface area contributed by atoms with E-state index in [0.29, 0.717) is 5.41 Å². The van der Waals surface area contributed by atoms with Gasteiger partial charge in [0, 0.05) is 0 Å². The van der Waals surface area contributed by atoms with E-state index in [1.54, 1.807) is 0 Å². The average Bonchev–Trinajstić information content (AvgIpc) is 3.06. The molecule has 0 radical (unpaired) electrons. The Labute approximate surface area is 295 Å². The van der Waals surface area contributed by atoms with Crippen LogP contribution in [0.5, 0.6) is 0 Å². The Hall–Kier alpha value is 0. The van der Waals surface area contributed by atoms with E-state index in [9.17, 15) is 0 Å². The minimum Gasteiger partial charge on any atom is -0.0654 e. The predicted molar refractivity (Wildman–Crippen MR) is 214 cm³/mol. The second-order valence-electron chi connectivity index (χ2n) is 16.5. The molecule has 0 aromatic heterocycles. The van der Waals surface area contributed by atoms with Crippen molar-refractivity contribution in [1.29, 1.82) is 0 Å². The fourth-order valence-electron chi connectivity index (χ4n) is 8.04. The van der Waals surface area contributed by atoms with Gasteiger partial charge in [0.1, 0.15) is 0 Å². The van der Waals surface area contributed by atoms with E-state index in [0.717, 1.165) is 5.92 Å². The van der Waals surface area contributed by atoms with Crippen molar-refractivity contribution >= 4 is 0 Å². The SMILES string of the molecule is CCCCCCCCCCCC(CCCCCCCCCC)CCC(C)(CCCCCCCCCC)CCCCCCCCCC. The second-order valence-corrected chi connectivity index (χ2v) is 16.5. The zero-order valence-corrected chi connectivity index (χ0v) is 33.7. The van der Waals surface area contributed by atoms with E-state index in [1.807, 2.05) is 0 Å². The van der Waals surface area contributed by atoms with Gasteiger partial charge in [-0.15, -0.1) is 0 Å². The molecule has 0 spiro atoms. The van der Waals surface area contributed by atoms with Crippen LogP contribution >= 0.6 is 0 Å². The molecule has 0 nitrogen and oxygen atoms in total. The summed E-state index contributed by atoms with van der Waals surface area (Å²) in [7, 11) is 0. The molecule has 0 rings (SSSR count). The maximum Gasteiger partial charge on any atom is -0.0326 e. The molecule has 0 aliphatic heterocycles. The molecule has 0 amide bonds. The lowest BCUT2D eigenvalue weighted by atomic mass is 9.74. The average molecular weight is 647 g/mol. The number of hydrogen-bond acceptors (Lipinski definition) is 0. The molecular weight excluding hydrogens is 553 g/mol. The first-order valence-corrected chi connectivity index (χ1v) is 22.6. The van der Waals surface area contributed by atoms with Crippen molar-refractivity contribution < 1.29 is 0 Å². The Kier molecular flexibility index (Phi) is 37.8. The molecule has 0 aliphatic rings. The molecule has 0 N–H and O–H groups in total. The van der Waals surface area contributed by atoms with Gasteiger partial charge in [0.05, 0.1) is 0 Å². The van der Waals surface area contributed by atoms with Crippen LogP contribution in [0.15, 0.2) is 0 Å². The summed E-state index contributed by atoms with van der Waals surface area (Å²) in [5, 5.41) is 0. The third-order valence-corrected chi connectivity index (χ3v) is 11.6. The lowest BCUT2D eigenvalue weighted by molar-refractivity contribution is 0.202. The van der Waals surface area contributed by atoms with Crippen molar-refractivity contribution in [3.8, 4) is 0 Å². The third-order valence-electron chi connectivity index (χ3n) is 11.6. The van der Waals surface area contributed by atoms with Crippen molar-refractivity contribution in [2.75, 3.05) is 0 Å². The number of hydrogen-bond donors (Lipinski definition) is 0. The van der Waals surface area contributed by atoms with Crippen LogP contribution in [0.4, 0.5) is 0 Å². The zero-order valence-electron chi connectivity index (χ0n) is 33.7. The smallest absolute Gasteiger partial charge is 0.0326 e. The fraction of sp³-hybridized carbons (Fsp3) is 1.00. The molecule has 0 heterocycles. The van der Waals surface area contributed by atoms with Crippen LogP contribution in [-0.4, -0.2) is 0 Å². The topological polar surface area (TPSA) is 0 Å². The van der Waals surface area contributed by atoms with E-state index in [4.69, 9.17) is 0 Å². The molecule has 0 saturated carbocycles. The molecule has 1 atom stereocenters. The van der Waals surface area contributed by atoms with Crippen molar-refractivity contribution in [3.05, 3.63) is 0 Å². The van der Waals surface area contributed by atoms with Crippen LogP contribution in [0.3, 0.4) is 0 Å². The van der Waals surface area contributed by atoms with Gasteiger partial charge < -0.3 is 0 Å². The summed E-state index contributed by atoms with van der Waals surface area (Å²) in [6.45, 7) is 12.1. The summed E-state index contributed by atoms with van der Waals surface area (Å²) in [6, 6.07) is 0. The Balaban J connectivity index is 4.80. The zero-order chi connectivity index (χ0) is 33.7. The molecule has 0 aliphatic carbocycles. The van der Waals surface area contributed by atoms with Gasteiger partial charge in [0.2, 0.25) is 0 Å². The standard InChI is InChI=1S/C46H94/c1-6-10-14-18-22-26-28-32-36-40-45(39-35-31-27-23-19-15-11-7-2)41-44-46(5,42-37-33-29-24-20-16-12-8-3)43-38-34-30-25-21-17-13-9-4/h45H,6-44H2,1-5H3. The normalized spacial score (nSPS) is 12.7. The molecule has 46 heavy (non-hydrogen) atoms. The lowest BCUT2D eigenvalue weighted by Gasteiger charge is -2.32. The van der Waals surface area contributed by atoms with Gasteiger partial charge in [-0.05, 0) is 37.0 Å². The van der Waals surface area contributed by atoms with Crippen molar-refractivity contribution in [2.45, 2.75) is 285 Å². The fourth-order valence-corrected chi connectivity index (χ4v) is 8.04. The molecule has 0 fully saturated rings. The van der Waals surface area contributed by atoms with Gasteiger partial charge in [-0.1, -0.05) is 259 Å². The van der Waals surface area contributed by atoms with Crippen LogP contribution in [0, 0.1) is 11.3 Å². The first-order chi connectivity index (χ1) is 22.6. The van der Waals surface area contributed by atoms with Crippen LogP contribution < -0.4 is 0 Å². The van der Waals surface area contributed by atoms with Gasteiger partial charge in [-0.25, -0.2) is 0 Å². The highest BCUT2D eigenvalue weighted by atomic mass is 14.3. The molecule has 278 valence electrons.